The third-order valence-electron chi connectivity index (χ3n) is 3.50. The van der Waals surface area contributed by atoms with Gasteiger partial charge in [0.05, 0.1) is 12.0 Å². The van der Waals surface area contributed by atoms with Crippen molar-refractivity contribution in [2.45, 2.75) is 10.8 Å². The first-order valence-electron chi connectivity index (χ1n) is 6.93. The Morgan fingerprint density at radius 3 is 2.33 bits per heavy atom. The standard InChI is InChI=1S/C19H15NS/c20-13-18(15-6-2-1-3-7-15)14-21-19-11-10-16-8-4-5-9-17(16)12-19/h1-12,18H,14H2. The van der Waals surface area contributed by atoms with Gasteiger partial charge in [-0.3, -0.25) is 0 Å². The molecular weight excluding hydrogens is 274 g/mol. The molecule has 0 N–H and O–H groups in total. The van der Waals surface area contributed by atoms with E-state index in [1.807, 2.05) is 30.3 Å². The van der Waals surface area contributed by atoms with Crippen molar-refractivity contribution >= 4 is 22.5 Å². The molecule has 0 fully saturated rings. The van der Waals surface area contributed by atoms with E-state index in [1.165, 1.54) is 15.7 Å². The first-order valence-corrected chi connectivity index (χ1v) is 7.91. The van der Waals surface area contributed by atoms with Crippen molar-refractivity contribution in [3.05, 3.63) is 78.4 Å². The van der Waals surface area contributed by atoms with Crippen LogP contribution in [-0.4, -0.2) is 5.75 Å². The van der Waals surface area contributed by atoms with Crippen LogP contribution in [0, 0.1) is 11.3 Å². The maximum atomic E-state index is 9.37. The largest absolute Gasteiger partial charge is 0.198 e. The minimum atomic E-state index is -0.0670. The molecule has 0 heterocycles. The highest BCUT2D eigenvalue weighted by Crippen LogP contribution is 2.28. The van der Waals surface area contributed by atoms with Gasteiger partial charge in [-0.15, -0.1) is 11.8 Å². The molecule has 0 aliphatic rings. The van der Waals surface area contributed by atoms with Crippen molar-refractivity contribution in [1.82, 2.24) is 0 Å². The smallest absolute Gasteiger partial charge is 0.0806 e. The van der Waals surface area contributed by atoms with E-state index < -0.39 is 0 Å². The number of hydrogen-bond acceptors (Lipinski definition) is 2. The number of fused-ring (bicyclic) bond motifs is 1. The summed E-state index contributed by atoms with van der Waals surface area (Å²) in [5.74, 6) is 0.710. The maximum Gasteiger partial charge on any atom is 0.0806 e. The molecule has 0 saturated heterocycles. The predicted molar refractivity (Wildman–Crippen MR) is 89.5 cm³/mol. The average Bonchev–Trinajstić information content (AvgIpc) is 2.56. The maximum absolute atomic E-state index is 9.37. The van der Waals surface area contributed by atoms with Crippen LogP contribution >= 0.6 is 11.8 Å². The molecule has 3 aromatic carbocycles. The second-order valence-corrected chi connectivity index (χ2v) is 6.01. The molecule has 3 aromatic rings. The highest BCUT2D eigenvalue weighted by atomic mass is 32.2. The van der Waals surface area contributed by atoms with Gasteiger partial charge in [0.2, 0.25) is 0 Å². The van der Waals surface area contributed by atoms with Gasteiger partial charge < -0.3 is 0 Å². The Balaban J connectivity index is 1.75. The zero-order chi connectivity index (χ0) is 14.5. The number of rotatable bonds is 4. The number of hydrogen-bond donors (Lipinski definition) is 0. The van der Waals surface area contributed by atoms with E-state index in [1.54, 1.807) is 11.8 Å². The van der Waals surface area contributed by atoms with E-state index in [2.05, 4.69) is 48.5 Å². The lowest BCUT2D eigenvalue weighted by Gasteiger charge is -2.09. The molecule has 1 unspecified atom stereocenters. The van der Waals surface area contributed by atoms with Crippen molar-refractivity contribution in [3.63, 3.8) is 0 Å². The Bertz CT molecular complexity index is 774. The molecule has 0 aromatic heterocycles. The van der Waals surface area contributed by atoms with Gasteiger partial charge in [-0.2, -0.15) is 5.26 Å². The summed E-state index contributed by atoms with van der Waals surface area (Å²) in [7, 11) is 0. The molecule has 0 amide bonds. The molecule has 0 spiro atoms. The Hall–Kier alpha value is -2.24. The molecule has 2 heteroatoms. The Kier molecular flexibility index (Phi) is 4.23. The van der Waals surface area contributed by atoms with Gasteiger partial charge in [-0.25, -0.2) is 0 Å². The average molecular weight is 289 g/mol. The van der Waals surface area contributed by atoms with E-state index in [-0.39, 0.29) is 5.92 Å². The summed E-state index contributed by atoms with van der Waals surface area (Å²) in [6.07, 6.45) is 0. The van der Waals surface area contributed by atoms with Crippen LogP contribution in [0.2, 0.25) is 0 Å². The van der Waals surface area contributed by atoms with Crippen molar-refractivity contribution < 1.29 is 0 Å². The summed E-state index contributed by atoms with van der Waals surface area (Å²) in [6.45, 7) is 0. The summed E-state index contributed by atoms with van der Waals surface area (Å²) >= 11 is 1.74. The fraction of sp³-hybridized carbons (Fsp3) is 0.105. The second-order valence-electron chi connectivity index (χ2n) is 4.91. The SMILES string of the molecule is N#CC(CSc1ccc2ccccc2c1)c1ccccc1. The highest BCUT2D eigenvalue weighted by Gasteiger charge is 2.10. The highest BCUT2D eigenvalue weighted by molar-refractivity contribution is 7.99. The predicted octanol–water partition coefficient (Wildman–Crippen LogP) is 5.24. The lowest BCUT2D eigenvalue weighted by atomic mass is 10.0. The van der Waals surface area contributed by atoms with Crippen LogP contribution in [0.3, 0.4) is 0 Å². The number of nitrogens with zero attached hydrogens (tertiary/aromatic N) is 1. The Morgan fingerprint density at radius 1 is 0.857 bits per heavy atom. The number of benzene rings is 3. The summed E-state index contributed by atoms with van der Waals surface area (Å²) in [4.78, 5) is 1.21. The third kappa shape index (κ3) is 3.26. The minimum absolute atomic E-state index is 0.0670. The minimum Gasteiger partial charge on any atom is -0.198 e. The van der Waals surface area contributed by atoms with E-state index in [0.717, 1.165) is 11.3 Å². The van der Waals surface area contributed by atoms with E-state index >= 15 is 0 Å². The summed E-state index contributed by atoms with van der Waals surface area (Å²) in [6, 6.07) is 27.2. The molecule has 0 aliphatic carbocycles. The van der Waals surface area contributed by atoms with Crippen LogP contribution in [0.5, 0.6) is 0 Å². The van der Waals surface area contributed by atoms with Gasteiger partial charge in [0.15, 0.2) is 0 Å². The van der Waals surface area contributed by atoms with Gasteiger partial charge in [0, 0.05) is 10.6 Å². The molecular formula is C19H15NS. The van der Waals surface area contributed by atoms with Crippen LogP contribution in [0.15, 0.2) is 77.7 Å². The van der Waals surface area contributed by atoms with Gasteiger partial charge in [0.1, 0.15) is 0 Å². The molecule has 3 rings (SSSR count). The van der Waals surface area contributed by atoms with Crippen LogP contribution in [0.1, 0.15) is 11.5 Å². The van der Waals surface area contributed by atoms with Crippen molar-refractivity contribution in [2.24, 2.45) is 0 Å². The van der Waals surface area contributed by atoms with Crippen molar-refractivity contribution in [2.75, 3.05) is 5.75 Å². The normalized spacial score (nSPS) is 12.0. The lowest BCUT2D eigenvalue weighted by molar-refractivity contribution is 0.996. The van der Waals surface area contributed by atoms with Gasteiger partial charge in [-0.05, 0) is 28.5 Å². The molecule has 1 atom stereocenters. The van der Waals surface area contributed by atoms with Crippen LogP contribution in [0.4, 0.5) is 0 Å². The fourth-order valence-corrected chi connectivity index (χ4v) is 3.33. The first-order chi connectivity index (χ1) is 10.4. The topological polar surface area (TPSA) is 23.8 Å². The van der Waals surface area contributed by atoms with Crippen LogP contribution < -0.4 is 0 Å². The fourth-order valence-electron chi connectivity index (χ4n) is 2.33. The molecule has 0 radical (unpaired) electrons. The van der Waals surface area contributed by atoms with Gasteiger partial charge in [0.25, 0.3) is 0 Å². The number of thioether (sulfide) groups is 1. The molecule has 21 heavy (non-hydrogen) atoms. The molecule has 102 valence electrons. The molecule has 1 nitrogen and oxygen atoms in total. The quantitative estimate of drug-likeness (QED) is 0.613. The summed E-state index contributed by atoms with van der Waals surface area (Å²) in [5.41, 5.74) is 1.09. The zero-order valence-corrected chi connectivity index (χ0v) is 12.4. The van der Waals surface area contributed by atoms with Gasteiger partial charge in [-0.1, -0.05) is 60.7 Å². The van der Waals surface area contributed by atoms with Crippen LogP contribution in [-0.2, 0) is 0 Å². The van der Waals surface area contributed by atoms with Crippen molar-refractivity contribution in [3.8, 4) is 6.07 Å². The van der Waals surface area contributed by atoms with E-state index in [4.69, 9.17) is 0 Å². The molecule has 0 aliphatic heterocycles. The van der Waals surface area contributed by atoms with Crippen molar-refractivity contribution in [1.29, 1.82) is 5.26 Å². The van der Waals surface area contributed by atoms with E-state index in [0.29, 0.717) is 0 Å². The monoisotopic (exact) mass is 289 g/mol. The van der Waals surface area contributed by atoms with Crippen LogP contribution in [0.25, 0.3) is 10.8 Å². The Morgan fingerprint density at radius 2 is 1.57 bits per heavy atom. The molecule has 0 saturated carbocycles. The Labute approximate surface area is 129 Å². The second kappa shape index (κ2) is 6.47. The summed E-state index contributed by atoms with van der Waals surface area (Å²) < 4.78 is 0. The number of nitriles is 1. The van der Waals surface area contributed by atoms with E-state index in [9.17, 15) is 5.26 Å². The lowest BCUT2D eigenvalue weighted by Crippen LogP contribution is -1.98. The molecule has 0 bridgehead atoms. The first kappa shape index (κ1) is 13.7. The summed E-state index contributed by atoms with van der Waals surface area (Å²) in [5, 5.41) is 11.9. The zero-order valence-electron chi connectivity index (χ0n) is 11.6. The third-order valence-corrected chi connectivity index (χ3v) is 4.58. The van der Waals surface area contributed by atoms with Gasteiger partial charge >= 0.3 is 0 Å².